The summed E-state index contributed by atoms with van der Waals surface area (Å²) in [6.07, 6.45) is 0.638. The second-order valence-electron chi connectivity index (χ2n) is 6.79. The molecule has 3 N–H and O–H groups in total. The third-order valence-corrected chi connectivity index (χ3v) is 4.50. The van der Waals surface area contributed by atoms with Gasteiger partial charge in [0.25, 0.3) is 5.91 Å². The minimum atomic E-state index is -1.47. The summed E-state index contributed by atoms with van der Waals surface area (Å²) in [6.45, 7) is 2.30. The van der Waals surface area contributed by atoms with Crippen molar-refractivity contribution < 1.29 is 19.4 Å². The summed E-state index contributed by atoms with van der Waals surface area (Å²) in [5.41, 5.74) is 6.87. The first kappa shape index (κ1) is 17.9. The number of fused-ring (bicyclic) bond motifs is 1. The molecule has 2 aromatic rings. The van der Waals surface area contributed by atoms with Gasteiger partial charge >= 0.3 is 5.97 Å². The van der Waals surface area contributed by atoms with Crippen LogP contribution in [-0.2, 0) is 17.8 Å². The number of nitrogens with zero attached hydrogens (tertiary/aromatic N) is 1. The third-order valence-electron chi connectivity index (χ3n) is 4.50. The first-order chi connectivity index (χ1) is 12.4. The predicted molar refractivity (Wildman–Crippen MR) is 97.1 cm³/mol. The van der Waals surface area contributed by atoms with Crippen LogP contribution >= 0.6 is 0 Å². The van der Waals surface area contributed by atoms with Gasteiger partial charge in [-0.15, -0.1) is 0 Å². The van der Waals surface area contributed by atoms with Crippen molar-refractivity contribution in [3.8, 4) is 5.75 Å². The average molecular weight is 354 g/mol. The van der Waals surface area contributed by atoms with Crippen LogP contribution in [0.4, 0.5) is 0 Å². The maximum atomic E-state index is 12.6. The van der Waals surface area contributed by atoms with Gasteiger partial charge in [0.2, 0.25) is 0 Å². The predicted octanol–water partition coefficient (Wildman–Crippen LogP) is 2.07. The van der Waals surface area contributed by atoms with E-state index in [1.54, 1.807) is 12.1 Å². The summed E-state index contributed by atoms with van der Waals surface area (Å²) >= 11 is 0. The van der Waals surface area contributed by atoms with E-state index >= 15 is 0 Å². The molecule has 1 amide bonds. The van der Waals surface area contributed by atoms with Gasteiger partial charge in [-0.25, -0.2) is 0 Å². The summed E-state index contributed by atoms with van der Waals surface area (Å²) < 4.78 is 5.81. The fourth-order valence-corrected chi connectivity index (χ4v) is 2.96. The van der Waals surface area contributed by atoms with E-state index in [0.29, 0.717) is 30.9 Å². The van der Waals surface area contributed by atoms with Gasteiger partial charge in [0.15, 0.2) is 0 Å². The maximum Gasteiger partial charge on any atom is 0.325 e. The number of nitrogens with two attached hydrogens (primary N) is 1. The molecule has 1 aliphatic rings. The number of hydrogen-bond donors (Lipinski definition) is 2. The summed E-state index contributed by atoms with van der Waals surface area (Å²) in [4.78, 5) is 25.3. The molecular weight excluding hydrogens is 332 g/mol. The molecular formula is C20H22N2O4. The van der Waals surface area contributed by atoms with Crippen LogP contribution in [0.1, 0.15) is 28.4 Å². The van der Waals surface area contributed by atoms with Crippen molar-refractivity contribution in [1.29, 1.82) is 0 Å². The SMILES string of the molecule is CC(N)(CN1CCc2cc(OCc3ccccc3)ccc2C1=O)C(=O)O. The Balaban J connectivity index is 1.70. The van der Waals surface area contributed by atoms with Crippen molar-refractivity contribution >= 4 is 11.9 Å². The Morgan fingerprint density at radius 1 is 1.27 bits per heavy atom. The first-order valence-electron chi connectivity index (χ1n) is 8.48. The van der Waals surface area contributed by atoms with Gasteiger partial charge in [0, 0.05) is 18.7 Å². The Labute approximate surface area is 152 Å². The van der Waals surface area contributed by atoms with Crippen LogP contribution in [0.5, 0.6) is 5.75 Å². The number of carbonyl (C=O) groups is 2. The number of carboxylic acids is 1. The molecule has 0 spiro atoms. The first-order valence-corrected chi connectivity index (χ1v) is 8.48. The van der Waals surface area contributed by atoms with E-state index in [9.17, 15) is 9.59 Å². The molecule has 1 aliphatic heterocycles. The number of carboxylic acid groups (broad SMARTS) is 1. The normalized spacial score (nSPS) is 15.9. The molecule has 0 aromatic heterocycles. The second kappa shape index (κ2) is 7.17. The lowest BCUT2D eigenvalue weighted by molar-refractivity contribution is -0.143. The molecule has 0 saturated heterocycles. The topological polar surface area (TPSA) is 92.9 Å². The van der Waals surface area contributed by atoms with E-state index in [1.807, 2.05) is 36.4 Å². The summed E-state index contributed by atoms with van der Waals surface area (Å²) in [7, 11) is 0. The number of amides is 1. The van der Waals surface area contributed by atoms with Crippen molar-refractivity contribution in [2.75, 3.05) is 13.1 Å². The number of carbonyl (C=O) groups excluding carboxylic acids is 1. The lowest BCUT2D eigenvalue weighted by Crippen LogP contribution is -2.56. The van der Waals surface area contributed by atoms with E-state index in [4.69, 9.17) is 15.6 Å². The monoisotopic (exact) mass is 354 g/mol. The van der Waals surface area contributed by atoms with Crippen molar-refractivity contribution in [3.63, 3.8) is 0 Å². The fraction of sp³-hybridized carbons (Fsp3) is 0.300. The quantitative estimate of drug-likeness (QED) is 0.828. The molecule has 2 aromatic carbocycles. The highest BCUT2D eigenvalue weighted by molar-refractivity contribution is 5.97. The Bertz CT molecular complexity index is 818. The highest BCUT2D eigenvalue weighted by Gasteiger charge is 2.34. The van der Waals surface area contributed by atoms with Crippen LogP contribution in [0.15, 0.2) is 48.5 Å². The van der Waals surface area contributed by atoms with Crippen LogP contribution in [0.2, 0.25) is 0 Å². The number of benzene rings is 2. The summed E-state index contributed by atoms with van der Waals surface area (Å²) in [5.74, 6) is -0.609. The zero-order chi connectivity index (χ0) is 18.7. The number of ether oxygens (including phenoxy) is 1. The van der Waals surface area contributed by atoms with Crippen molar-refractivity contribution in [3.05, 3.63) is 65.2 Å². The van der Waals surface area contributed by atoms with Gasteiger partial charge in [0.1, 0.15) is 17.9 Å². The van der Waals surface area contributed by atoms with Gasteiger partial charge in [0.05, 0.1) is 0 Å². The molecule has 3 rings (SSSR count). The van der Waals surface area contributed by atoms with E-state index in [2.05, 4.69) is 0 Å². The van der Waals surface area contributed by atoms with Gasteiger partial charge in [-0.1, -0.05) is 30.3 Å². The highest BCUT2D eigenvalue weighted by Crippen LogP contribution is 2.25. The molecule has 0 radical (unpaired) electrons. The van der Waals surface area contributed by atoms with E-state index in [1.165, 1.54) is 11.8 Å². The zero-order valence-electron chi connectivity index (χ0n) is 14.6. The van der Waals surface area contributed by atoms with Crippen molar-refractivity contribution in [2.45, 2.75) is 25.5 Å². The molecule has 0 bridgehead atoms. The summed E-state index contributed by atoms with van der Waals surface area (Å²) in [5, 5.41) is 9.16. The van der Waals surface area contributed by atoms with Crippen LogP contribution in [0.3, 0.4) is 0 Å². The lowest BCUT2D eigenvalue weighted by Gasteiger charge is -2.33. The molecule has 0 fully saturated rings. The Morgan fingerprint density at radius 3 is 2.69 bits per heavy atom. The van der Waals surface area contributed by atoms with Crippen molar-refractivity contribution in [2.24, 2.45) is 5.73 Å². The van der Waals surface area contributed by atoms with Crippen LogP contribution < -0.4 is 10.5 Å². The standard InChI is InChI=1S/C20H22N2O4/c1-20(21,19(24)25)13-22-10-9-15-11-16(7-8-17(15)18(22)23)26-12-14-5-3-2-4-6-14/h2-8,11H,9-10,12-13,21H2,1H3,(H,24,25). The molecule has 1 heterocycles. The molecule has 1 unspecified atom stereocenters. The molecule has 6 heteroatoms. The fourth-order valence-electron chi connectivity index (χ4n) is 2.96. The Hall–Kier alpha value is -2.86. The van der Waals surface area contributed by atoms with Gasteiger partial charge < -0.3 is 20.5 Å². The number of aliphatic carboxylic acids is 1. The minimum Gasteiger partial charge on any atom is -0.489 e. The van der Waals surface area contributed by atoms with Crippen LogP contribution in [-0.4, -0.2) is 40.5 Å². The molecule has 1 atom stereocenters. The molecule has 0 saturated carbocycles. The molecule has 136 valence electrons. The number of hydrogen-bond acceptors (Lipinski definition) is 4. The Morgan fingerprint density at radius 2 is 2.00 bits per heavy atom. The van der Waals surface area contributed by atoms with Gasteiger partial charge in [-0.2, -0.15) is 0 Å². The molecule has 26 heavy (non-hydrogen) atoms. The minimum absolute atomic E-state index is 0.0210. The lowest BCUT2D eigenvalue weighted by atomic mass is 9.96. The molecule has 0 aliphatic carbocycles. The van der Waals surface area contributed by atoms with E-state index in [0.717, 1.165) is 11.1 Å². The average Bonchev–Trinajstić information content (AvgIpc) is 2.63. The van der Waals surface area contributed by atoms with Crippen LogP contribution in [0.25, 0.3) is 0 Å². The van der Waals surface area contributed by atoms with E-state index < -0.39 is 11.5 Å². The van der Waals surface area contributed by atoms with Gasteiger partial charge in [-0.3, -0.25) is 9.59 Å². The largest absolute Gasteiger partial charge is 0.489 e. The Kier molecular flexibility index (Phi) is 4.95. The smallest absolute Gasteiger partial charge is 0.325 e. The maximum absolute atomic E-state index is 12.6. The van der Waals surface area contributed by atoms with E-state index in [-0.39, 0.29) is 12.5 Å². The second-order valence-corrected chi connectivity index (χ2v) is 6.79. The zero-order valence-corrected chi connectivity index (χ0v) is 14.6. The van der Waals surface area contributed by atoms with Gasteiger partial charge in [-0.05, 0) is 42.7 Å². The molecule has 6 nitrogen and oxygen atoms in total. The highest BCUT2D eigenvalue weighted by atomic mass is 16.5. The summed E-state index contributed by atoms with van der Waals surface area (Å²) in [6, 6.07) is 15.2. The number of rotatable bonds is 6. The van der Waals surface area contributed by atoms with Crippen molar-refractivity contribution in [1.82, 2.24) is 4.90 Å². The third kappa shape index (κ3) is 3.86. The van der Waals surface area contributed by atoms with Crippen LogP contribution in [0, 0.1) is 0 Å².